The number of nitrogens with zero attached hydrogens (tertiary/aromatic N) is 2. The Morgan fingerprint density at radius 3 is 2.86 bits per heavy atom. The molecular formula is C18H25N3. The zero-order chi connectivity index (χ0) is 14.5. The topological polar surface area (TPSA) is 28.2 Å². The van der Waals surface area contributed by atoms with Crippen LogP contribution in [0, 0.1) is 0 Å². The van der Waals surface area contributed by atoms with E-state index in [9.17, 15) is 0 Å². The molecule has 2 aromatic rings. The second kappa shape index (κ2) is 7.01. The van der Waals surface area contributed by atoms with Gasteiger partial charge < -0.3 is 5.32 Å². The zero-order valence-corrected chi connectivity index (χ0v) is 12.9. The lowest BCUT2D eigenvalue weighted by Gasteiger charge is -2.35. The van der Waals surface area contributed by atoms with Gasteiger partial charge in [-0.2, -0.15) is 0 Å². The fourth-order valence-electron chi connectivity index (χ4n) is 3.26. The van der Waals surface area contributed by atoms with Gasteiger partial charge in [-0.25, -0.2) is 0 Å². The molecule has 3 nitrogen and oxygen atoms in total. The van der Waals surface area contributed by atoms with Crippen molar-refractivity contribution in [2.75, 3.05) is 26.2 Å². The van der Waals surface area contributed by atoms with Gasteiger partial charge in [0.25, 0.3) is 0 Å². The fraction of sp³-hybridized carbons (Fsp3) is 0.500. The highest BCUT2D eigenvalue weighted by Crippen LogP contribution is 2.29. The molecule has 1 aliphatic rings. The highest BCUT2D eigenvalue weighted by molar-refractivity contribution is 5.82. The largest absolute Gasteiger partial charge is 0.314 e. The van der Waals surface area contributed by atoms with E-state index in [-0.39, 0.29) is 0 Å². The normalized spacial score (nSPS) is 18.0. The Morgan fingerprint density at radius 1 is 1.19 bits per heavy atom. The van der Waals surface area contributed by atoms with Gasteiger partial charge in [0.2, 0.25) is 0 Å². The van der Waals surface area contributed by atoms with Gasteiger partial charge in [-0.3, -0.25) is 9.88 Å². The van der Waals surface area contributed by atoms with Crippen molar-refractivity contribution in [3.05, 3.63) is 42.2 Å². The molecule has 0 aliphatic carbocycles. The third kappa shape index (κ3) is 3.42. The van der Waals surface area contributed by atoms with Crippen LogP contribution in [0.15, 0.2) is 36.7 Å². The van der Waals surface area contributed by atoms with E-state index in [2.05, 4.69) is 46.4 Å². The number of aromatic nitrogens is 1. The number of pyridine rings is 1. The van der Waals surface area contributed by atoms with Crippen molar-refractivity contribution < 1.29 is 0 Å². The standard InChI is InChI=1S/C18H25N3/c1-2-3-4-18(21-11-9-19-10-12-21)16-5-6-17-14-20-8-7-15(17)13-16/h5-8,13-14,18-19H,2-4,9-12H2,1H3. The minimum Gasteiger partial charge on any atom is -0.314 e. The Labute approximate surface area is 127 Å². The Balaban J connectivity index is 1.88. The third-order valence-corrected chi connectivity index (χ3v) is 4.47. The maximum Gasteiger partial charge on any atom is 0.0349 e. The first-order valence-electron chi connectivity index (χ1n) is 8.17. The average molecular weight is 283 g/mol. The van der Waals surface area contributed by atoms with Gasteiger partial charge >= 0.3 is 0 Å². The van der Waals surface area contributed by atoms with Crippen LogP contribution < -0.4 is 5.32 Å². The van der Waals surface area contributed by atoms with Crippen LogP contribution in [0.25, 0.3) is 10.8 Å². The molecule has 112 valence electrons. The van der Waals surface area contributed by atoms with Crippen LogP contribution in [-0.4, -0.2) is 36.1 Å². The molecule has 1 aromatic heterocycles. The molecule has 1 aliphatic heterocycles. The molecule has 0 amide bonds. The summed E-state index contributed by atoms with van der Waals surface area (Å²) in [7, 11) is 0. The number of piperazine rings is 1. The molecule has 1 aromatic carbocycles. The number of unbranched alkanes of at least 4 members (excludes halogenated alkanes) is 1. The third-order valence-electron chi connectivity index (χ3n) is 4.47. The van der Waals surface area contributed by atoms with E-state index in [1.165, 1.54) is 35.6 Å². The maximum absolute atomic E-state index is 4.21. The van der Waals surface area contributed by atoms with Crippen LogP contribution in [0.1, 0.15) is 37.8 Å². The molecule has 1 fully saturated rings. The molecule has 3 heteroatoms. The molecule has 1 unspecified atom stereocenters. The minimum atomic E-state index is 0.560. The fourth-order valence-corrected chi connectivity index (χ4v) is 3.26. The van der Waals surface area contributed by atoms with Gasteiger partial charge in [0.05, 0.1) is 0 Å². The van der Waals surface area contributed by atoms with Crippen LogP contribution in [0.2, 0.25) is 0 Å². The molecule has 2 heterocycles. The summed E-state index contributed by atoms with van der Waals surface area (Å²) in [5.41, 5.74) is 1.46. The first-order chi connectivity index (χ1) is 10.4. The molecule has 3 rings (SSSR count). The monoisotopic (exact) mass is 283 g/mol. The molecule has 0 bridgehead atoms. The van der Waals surface area contributed by atoms with E-state index in [4.69, 9.17) is 0 Å². The molecule has 0 saturated carbocycles. The van der Waals surface area contributed by atoms with Crippen LogP contribution in [0.4, 0.5) is 0 Å². The number of rotatable bonds is 5. The summed E-state index contributed by atoms with van der Waals surface area (Å²) in [4.78, 5) is 6.86. The van der Waals surface area contributed by atoms with Crippen LogP contribution in [0.5, 0.6) is 0 Å². The number of hydrogen-bond acceptors (Lipinski definition) is 3. The lowest BCUT2D eigenvalue weighted by atomic mass is 9.96. The van der Waals surface area contributed by atoms with Gasteiger partial charge in [0.15, 0.2) is 0 Å². The van der Waals surface area contributed by atoms with Crippen molar-refractivity contribution in [1.29, 1.82) is 0 Å². The molecular weight excluding hydrogens is 258 g/mol. The maximum atomic E-state index is 4.21. The van der Waals surface area contributed by atoms with E-state index >= 15 is 0 Å². The zero-order valence-electron chi connectivity index (χ0n) is 12.9. The number of benzene rings is 1. The quantitative estimate of drug-likeness (QED) is 0.912. The van der Waals surface area contributed by atoms with E-state index < -0.39 is 0 Å². The lowest BCUT2D eigenvalue weighted by Crippen LogP contribution is -2.45. The van der Waals surface area contributed by atoms with E-state index in [0.717, 1.165) is 26.2 Å². The van der Waals surface area contributed by atoms with Gasteiger partial charge in [-0.1, -0.05) is 31.9 Å². The predicted molar refractivity (Wildman–Crippen MR) is 88.5 cm³/mol. The Morgan fingerprint density at radius 2 is 2.05 bits per heavy atom. The summed E-state index contributed by atoms with van der Waals surface area (Å²) < 4.78 is 0. The first kappa shape index (κ1) is 14.5. The summed E-state index contributed by atoms with van der Waals surface area (Å²) in [6.07, 6.45) is 7.65. The highest BCUT2D eigenvalue weighted by Gasteiger charge is 2.21. The highest BCUT2D eigenvalue weighted by atomic mass is 15.2. The van der Waals surface area contributed by atoms with Crippen LogP contribution >= 0.6 is 0 Å². The Hall–Kier alpha value is -1.45. The van der Waals surface area contributed by atoms with E-state index in [1.807, 2.05) is 12.4 Å². The number of hydrogen-bond donors (Lipinski definition) is 1. The van der Waals surface area contributed by atoms with E-state index in [0.29, 0.717) is 6.04 Å². The summed E-state index contributed by atoms with van der Waals surface area (Å²) in [5.74, 6) is 0. The van der Waals surface area contributed by atoms with Crippen LogP contribution in [-0.2, 0) is 0 Å². The molecule has 0 radical (unpaired) electrons. The van der Waals surface area contributed by atoms with Gasteiger partial charge in [-0.05, 0) is 29.5 Å². The van der Waals surface area contributed by atoms with Crippen molar-refractivity contribution >= 4 is 10.8 Å². The smallest absolute Gasteiger partial charge is 0.0349 e. The summed E-state index contributed by atoms with van der Waals surface area (Å²) in [5, 5.41) is 5.99. The van der Waals surface area contributed by atoms with Crippen LogP contribution in [0.3, 0.4) is 0 Å². The average Bonchev–Trinajstić information content (AvgIpc) is 2.56. The van der Waals surface area contributed by atoms with Crippen molar-refractivity contribution in [2.24, 2.45) is 0 Å². The van der Waals surface area contributed by atoms with Crippen molar-refractivity contribution in [3.8, 4) is 0 Å². The lowest BCUT2D eigenvalue weighted by molar-refractivity contribution is 0.163. The Kier molecular flexibility index (Phi) is 4.84. The van der Waals surface area contributed by atoms with Crippen molar-refractivity contribution in [1.82, 2.24) is 15.2 Å². The predicted octanol–water partition coefficient (Wildman–Crippen LogP) is 3.37. The summed E-state index contributed by atoms with van der Waals surface area (Å²) in [6.45, 7) is 6.81. The Bertz CT molecular complexity index is 575. The summed E-state index contributed by atoms with van der Waals surface area (Å²) in [6, 6.07) is 9.56. The first-order valence-corrected chi connectivity index (χ1v) is 8.17. The minimum absolute atomic E-state index is 0.560. The molecule has 1 atom stereocenters. The molecule has 0 spiro atoms. The van der Waals surface area contributed by atoms with Gasteiger partial charge in [0.1, 0.15) is 0 Å². The molecule has 1 saturated heterocycles. The number of fused-ring (bicyclic) bond motifs is 1. The second-order valence-electron chi connectivity index (χ2n) is 5.93. The SMILES string of the molecule is CCCCC(c1ccc2cnccc2c1)N1CCNCC1. The molecule has 1 N–H and O–H groups in total. The van der Waals surface area contributed by atoms with E-state index in [1.54, 1.807) is 0 Å². The van der Waals surface area contributed by atoms with Gasteiger partial charge in [0, 0.05) is 50.0 Å². The summed E-state index contributed by atoms with van der Waals surface area (Å²) >= 11 is 0. The molecule has 21 heavy (non-hydrogen) atoms. The van der Waals surface area contributed by atoms with Crippen molar-refractivity contribution in [2.45, 2.75) is 32.2 Å². The number of nitrogens with one attached hydrogen (secondary N) is 1. The second-order valence-corrected chi connectivity index (χ2v) is 5.93. The van der Waals surface area contributed by atoms with Gasteiger partial charge in [-0.15, -0.1) is 0 Å². The van der Waals surface area contributed by atoms with Crippen molar-refractivity contribution in [3.63, 3.8) is 0 Å².